The van der Waals surface area contributed by atoms with Gasteiger partial charge in [-0.15, -0.1) is 10.2 Å². The molecule has 0 aliphatic carbocycles. The number of halogens is 2. The number of hydrogen-bond donors (Lipinski definition) is 1. The molecule has 108 valence electrons. The first-order chi connectivity index (χ1) is 10.2. The number of aromatic nitrogens is 4. The third-order valence-corrected chi connectivity index (χ3v) is 4.28. The van der Waals surface area contributed by atoms with Gasteiger partial charge in [0, 0.05) is 32.2 Å². The molecular formula is C13H12BrFN6. The summed E-state index contributed by atoms with van der Waals surface area (Å²) in [7, 11) is 0. The normalized spacial score (nSPS) is 16.0. The Balaban J connectivity index is 2.00. The van der Waals surface area contributed by atoms with E-state index in [1.54, 1.807) is 16.8 Å². The second-order valence-electron chi connectivity index (χ2n) is 4.95. The summed E-state index contributed by atoms with van der Waals surface area (Å²) in [4.78, 5) is 6.86. The molecule has 3 heterocycles. The Morgan fingerprint density at radius 1 is 1.24 bits per heavy atom. The summed E-state index contributed by atoms with van der Waals surface area (Å²) in [5.74, 6) is 0.467. The molecule has 4 rings (SSSR count). The van der Waals surface area contributed by atoms with E-state index in [2.05, 4.69) is 41.3 Å². The van der Waals surface area contributed by atoms with Crippen molar-refractivity contribution in [2.45, 2.75) is 0 Å². The van der Waals surface area contributed by atoms with Crippen LogP contribution in [-0.2, 0) is 0 Å². The molecule has 0 radical (unpaired) electrons. The molecule has 1 aliphatic rings. The van der Waals surface area contributed by atoms with Gasteiger partial charge in [0.25, 0.3) is 0 Å². The Bertz CT molecular complexity index is 826. The lowest BCUT2D eigenvalue weighted by Crippen LogP contribution is -2.44. The van der Waals surface area contributed by atoms with Gasteiger partial charge in [-0.1, -0.05) is 0 Å². The van der Waals surface area contributed by atoms with Crippen molar-refractivity contribution in [3.63, 3.8) is 0 Å². The molecule has 3 aromatic rings. The van der Waals surface area contributed by atoms with Crippen LogP contribution in [0.1, 0.15) is 0 Å². The molecule has 0 spiro atoms. The van der Waals surface area contributed by atoms with E-state index in [-0.39, 0.29) is 5.82 Å². The van der Waals surface area contributed by atoms with Gasteiger partial charge in [-0.3, -0.25) is 4.40 Å². The van der Waals surface area contributed by atoms with Crippen LogP contribution < -0.4 is 10.2 Å². The lowest BCUT2D eigenvalue weighted by molar-refractivity contribution is 0.586. The van der Waals surface area contributed by atoms with Gasteiger partial charge in [-0.25, -0.2) is 9.37 Å². The van der Waals surface area contributed by atoms with Crippen LogP contribution in [0.2, 0.25) is 0 Å². The lowest BCUT2D eigenvalue weighted by Gasteiger charge is -2.28. The predicted octanol–water partition coefficient (Wildman–Crippen LogP) is 1.59. The van der Waals surface area contributed by atoms with Crippen molar-refractivity contribution < 1.29 is 4.39 Å². The largest absolute Gasteiger partial charge is 0.351 e. The maximum Gasteiger partial charge on any atom is 0.204 e. The van der Waals surface area contributed by atoms with E-state index in [9.17, 15) is 4.39 Å². The standard InChI is InChI=1S/C13H12BrFN6/c14-8-5-10-11(6-9(8)15)21-7-17-19-13(21)12(18-10)20-3-1-16-2-4-20/h5-7,16H,1-4H2. The van der Waals surface area contributed by atoms with E-state index in [4.69, 9.17) is 0 Å². The summed E-state index contributed by atoms with van der Waals surface area (Å²) in [5.41, 5.74) is 2.03. The molecule has 6 nitrogen and oxygen atoms in total. The van der Waals surface area contributed by atoms with Crippen molar-refractivity contribution in [1.29, 1.82) is 0 Å². The molecule has 1 aromatic carbocycles. The molecule has 2 aromatic heterocycles. The topological polar surface area (TPSA) is 58.4 Å². The molecule has 1 saturated heterocycles. The number of piperazine rings is 1. The van der Waals surface area contributed by atoms with Crippen molar-refractivity contribution in [3.05, 3.63) is 28.7 Å². The van der Waals surface area contributed by atoms with Gasteiger partial charge in [0.05, 0.1) is 15.5 Å². The van der Waals surface area contributed by atoms with Gasteiger partial charge in [0.2, 0.25) is 5.65 Å². The minimum absolute atomic E-state index is 0.325. The maximum atomic E-state index is 13.8. The van der Waals surface area contributed by atoms with Crippen LogP contribution in [0, 0.1) is 5.82 Å². The number of nitrogens with one attached hydrogen (secondary N) is 1. The van der Waals surface area contributed by atoms with Crippen LogP contribution in [-0.4, -0.2) is 45.8 Å². The first-order valence-corrected chi connectivity index (χ1v) is 7.47. The van der Waals surface area contributed by atoms with Gasteiger partial charge in [-0.05, 0) is 22.0 Å². The minimum Gasteiger partial charge on any atom is -0.351 e. The SMILES string of the molecule is Fc1cc2c(cc1Br)nc(N1CCNCC1)c1nncn12. The average molecular weight is 351 g/mol. The highest BCUT2D eigenvalue weighted by Crippen LogP contribution is 2.27. The maximum absolute atomic E-state index is 13.8. The highest BCUT2D eigenvalue weighted by atomic mass is 79.9. The third-order valence-electron chi connectivity index (χ3n) is 3.67. The number of nitrogens with zero attached hydrogens (tertiary/aromatic N) is 5. The van der Waals surface area contributed by atoms with Gasteiger partial charge < -0.3 is 10.2 Å². The number of benzene rings is 1. The van der Waals surface area contributed by atoms with E-state index in [0.717, 1.165) is 32.0 Å². The van der Waals surface area contributed by atoms with Crippen LogP contribution in [0.25, 0.3) is 16.7 Å². The molecule has 1 N–H and O–H groups in total. The molecule has 0 unspecified atom stereocenters. The summed E-state index contributed by atoms with van der Waals surface area (Å²) in [6.45, 7) is 3.55. The molecule has 1 fully saturated rings. The van der Waals surface area contributed by atoms with Crippen molar-refractivity contribution in [1.82, 2.24) is 24.9 Å². The lowest BCUT2D eigenvalue weighted by atomic mass is 10.2. The van der Waals surface area contributed by atoms with Crippen LogP contribution >= 0.6 is 15.9 Å². The second-order valence-corrected chi connectivity index (χ2v) is 5.81. The van der Waals surface area contributed by atoms with Crippen LogP contribution in [0.15, 0.2) is 22.9 Å². The van der Waals surface area contributed by atoms with E-state index >= 15 is 0 Å². The Morgan fingerprint density at radius 3 is 2.86 bits per heavy atom. The number of rotatable bonds is 1. The Labute approximate surface area is 128 Å². The molecule has 0 amide bonds. The quantitative estimate of drug-likeness (QED) is 0.722. The van der Waals surface area contributed by atoms with E-state index in [1.165, 1.54) is 6.07 Å². The minimum atomic E-state index is -0.325. The monoisotopic (exact) mass is 350 g/mol. The van der Waals surface area contributed by atoms with Crippen LogP contribution in [0.4, 0.5) is 10.2 Å². The molecule has 0 saturated carbocycles. The van der Waals surface area contributed by atoms with Gasteiger partial charge >= 0.3 is 0 Å². The summed E-state index contributed by atoms with van der Waals surface area (Å²) >= 11 is 3.21. The number of hydrogen-bond acceptors (Lipinski definition) is 5. The first kappa shape index (κ1) is 12.9. The smallest absolute Gasteiger partial charge is 0.204 e. The summed E-state index contributed by atoms with van der Waals surface area (Å²) in [6.07, 6.45) is 1.60. The molecule has 1 aliphatic heterocycles. The zero-order valence-electron chi connectivity index (χ0n) is 11.1. The number of fused-ring (bicyclic) bond motifs is 3. The Kier molecular flexibility index (Phi) is 3.00. The fourth-order valence-corrected chi connectivity index (χ4v) is 2.96. The van der Waals surface area contributed by atoms with Crippen LogP contribution in [0.3, 0.4) is 0 Å². The van der Waals surface area contributed by atoms with E-state index in [1.807, 2.05) is 0 Å². The van der Waals surface area contributed by atoms with Gasteiger partial charge in [0.15, 0.2) is 5.82 Å². The zero-order chi connectivity index (χ0) is 14.4. The molecule has 0 bridgehead atoms. The highest BCUT2D eigenvalue weighted by Gasteiger charge is 2.19. The predicted molar refractivity (Wildman–Crippen MR) is 81.0 cm³/mol. The van der Waals surface area contributed by atoms with E-state index < -0.39 is 0 Å². The van der Waals surface area contributed by atoms with E-state index in [0.29, 0.717) is 21.2 Å². The van der Waals surface area contributed by atoms with Crippen molar-refractivity contribution in [3.8, 4) is 0 Å². The highest BCUT2D eigenvalue weighted by molar-refractivity contribution is 9.10. The Morgan fingerprint density at radius 2 is 2.05 bits per heavy atom. The summed E-state index contributed by atoms with van der Waals surface area (Å²) in [5, 5.41) is 11.4. The molecule has 0 atom stereocenters. The average Bonchev–Trinajstić information content (AvgIpc) is 2.99. The van der Waals surface area contributed by atoms with Crippen molar-refractivity contribution >= 4 is 38.4 Å². The molecule has 8 heteroatoms. The fourth-order valence-electron chi connectivity index (χ4n) is 2.62. The zero-order valence-corrected chi connectivity index (χ0v) is 12.6. The fraction of sp³-hybridized carbons (Fsp3) is 0.308. The van der Waals surface area contributed by atoms with Crippen LogP contribution in [0.5, 0.6) is 0 Å². The first-order valence-electron chi connectivity index (χ1n) is 6.68. The van der Waals surface area contributed by atoms with Gasteiger partial charge in [-0.2, -0.15) is 0 Å². The Hall–Kier alpha value is -1.80. The molecule has 21 heavy (non-hydrogen) atoms. The second kappa shape index (κ2) is 4.88. The summed E-state index contributed by atoms with van der Waals surface area (Å²) in [6, 6.07) is 3.14. The van der Waals surface area contributed by atoms with Crippen molar-refractivity contribution in [2.75, 3.05) is 31.1 Å². The summed E-state index contributed by atoms with van der Waals surface area (Å²) < 4.78 is 16.0. The van der Waals surface area contributed by atoms with Gasteiger partial charge in [0.1, 0.15) is 12.1 Å². The van der Waals surface area contributed by atoms with Crippen molar-refractivity contribution in [2.24, 2.45) is 0 Å². The third kappa shape index (κ3) is 2.06. The molecular weight excluding hydrogens is 339 g/mol. The number of anilines is 1.